The average Bonchev–Trinajstić information content (AvgIpc) is 2.44. The molecule has 0 spiro atoms. The van der Waals surface area contributed by atoms with Crippen LogP contribution in [-0.4, -0.2) is 36.9 Å². The molecular weight excluding hydrogens is 334 g/mol. The molecule has 0 saturated heterocycles. The molecule has 0 saturated carbocycles. The Morgan fingerprint density at radius 3 is 2.42 bits per heavy atom. The summed E-state index contributed by atoms with van der Waals surface area (Å²) < 4.78 is 10.5. The van der Waals surface area contributed by atoms with Gasteiger partial charge in [0.1, 0.15) is 19.0 Å². The fourth-order valence-corrected chi connectivity index (χ4v) is 2.13. The monoisotopic (exact) mass is 355 g/mol. The van der Waals surface area contributed by atoms with Gasteiger partial charge in [0.05, 0.1) is 11.1 Å². The second-order valence-electron chi connectivity index (χ2n) is 6.31. The molecule has 7 heteroatoms. The third kappa shape index (κ3) is 5.53. The van der Waals surface area contributed by atoms with Gasteiger partial charge in [0.15, 0.2) is 12.1 Å². The summed E-state index contributed by atoms with van der Waals surface area (Å²) >= 11 is 6.03. The Morgan fingerprint density at radius 2 is 1.92 bits per heavy atom. The van der Waals surface area contributed by atoms with Gasteiger partial charge in [-0.15, -0.1) is 0 Å². The summed E-state index contributed by atoms with van der Waals surface area (Å²) in [4.78, 5) is 34.6. The van der Waals surface area contributed by atoms with E-state index in [0.717, 1.165) is 0 Å². The molecule has 0 fully saturated rings. The van der Waals surface area contributed by atoms with Gasteiger partial charge in [0.2, 0.25) is 0 Å². The lowest BCUT2D eigenvalue weighted by Crippen LogP contribution is -2.41. The fourth-order valence-electron chi connectivity index (χ4n) is 1.92. The lowest BCUT2D eigenvalue weighted by molar-refractivity contribution is 0.0998. The van der Waals surface area contributed by atoms with Gasteiger partial charge in [-0.1, -0.05) is 11.6 Å². The van der Waals surface area contributed by atoms with E-state index in [1.54, 1.807) is 6.92 Å². The van der Waals surface area contributed by atoms with Gasteiger partial charge in [-0.3, -0.25) is 9.59 Å². The summed E-state index contributed by atoms with van der Waals surface area (Å²) in [7, 11) is 0. The third-order valence-corrected chi connectivity index (χ3v) is 3.45. The van der Waals surface area contributed by atoms with Crippen LogP contribution in [0.4, 0.5) is 4.79 Å². The molecule has 1 N–H and O–H groups in total. The summed E-state index contributed by atoms with van der Waals surface area (Å²) in [6.07, 6.45) is 0.0247. The van der Waals surface area contributed by atoms with E-state index in [1.165, 1.54) is 13.0 Å². The molecule has 1 aromatic carbocycles. The minimum absolute atomic E-state index is 0.000243. The summed E-state index contributed by atoms with van der Waals surface area (Å²) in [6.45, 7) is 8.48. The second-order valence-corrected chi connectivity index (χ2v) is 6.71. The van der Waals surface area contributed by atoms with E-state index < -0.39 is 11.6 Å². The van der Waals surface area contributed by atoms with Crippen LogP contribution >= 0.6 is 11.6 Å². The Labute approximate surface area is 146 Å². The van der Waals surface area contributed by atoms with Crippen molar-refractivity contribution in [2.45, 2.75) is 40.2 Å². The fraction of sp³-hybridized carbons (Fsp3) is 0.471. The van der Waals surface area contributed by atoms with Crippen LogP contribution in [0.15, 0.2) is 6.07 Å². The quantitative estimate of drug-likeness (QED) is 0.479. The van der Waals surface area contributed by atoms with Crippen LogP contribution in [0.1, 0.15) is 54.0 Å². The lowest BCUT2D eigenvalue weighted by atomic mass is 10.0. The largest absolute Gasteiger partial charge is 0.489 e. The van der Waals surface area contributed by atoms with E-state index in [-0.39, 0.29) is 35.9 Å². The number of halogens is 1. The van der Waals surface area contributed by atoms with Gasteiger partial charge >= 0.3 is 6.09 Å². The molecule has 1 rings (SSSR count). The number of hydrogen-bond donors (Lipinski definition) is 1. The molecule has 0 aliphatic rings. The number of amides is 1. The van der Waals surface area contributed by atoms with E-state index in [0.29, 0.717) is 16.9 Å². The van der Waals surface area contributed by atoms with Crippen LogP contribution in [0.2, 0.25) is 5.02 Å². The Hall–Kier alpha value is -2.08. The van der Waals surface area contributed by atoms with E-state index in [2.05, 4.69) is 5.32 Å². The summed E-state index contributed by atoms with van der Waals surface area (Å²) in [5.41, 5.74) is 0.550. The predicted molar refractivity (Wildman–Crippen MR) is 91.3 cm³/mol. The van der Waals surface area contributed by atoms with Crippen molar-refractivity contribution < 1.29 is 23.9 Å². The zero-order valence-electron chi connectivity index (χ0n) is 14.5. The zero-order chi connectivity index (χ0) is 18.5. The Balaban J connectivity index is 2.81. The maximum atomic E-state index is 11.7. The van der Waals surface area contributed by atoms with Crippen LogP contribution in [0.3, 0.4) is 0 Å². The Bertz CT molecular complexity index is 649. The summed E-state index contributed by atoms with van der Waals surface area (Å²) in [6, 6.07) is 1.47. The van der Waals surface area contributed by atoms with Gasteiger partial charge in [-0.05, 0) is 46.2 Å². The van der Waals surface area contributed by atoms with Crippen molar-refractivity contribution in [2.75, 3.05) is 13.2 Å². The number of benzene rings is 1. The highest BCUT2D eigenvalue weighted by molar-refractivity contribution is 6.32. The van der Waals surface area contributed by atoms with Crippen LogP contribution in [0, 0.1) is 6.92 Å². The number of ketones is 1. The number of carbonyl (C=O) groups is 3. The van der Waals surface area contributed by atoms with Gasteiger partial charge in [0.25, 0.3) is 0 Å². The van der Waals surface area contributed by atoms with E-state index >= 15 is 0 Å². The van der Waals surface area contributed by atoms with Crippen LogP contribution in [0.25, 0.3) is 0 Å². The van der Waals surface area contributed by atoms with Crippen molar-refractivity contribution in [1.82, 2.24) is 5.32 Å². The number of ether oxygens (including phenoxy) is 2. The van der Waals surface area contributed by atoms with Crippen molar-refractivity contribution >= 4 is 29.8 Å². The zero-order valence-corrected chi connectivity index (χ0v) is 15.2. The minimum Gasteiger partial charge on any atom is -0.489 e. The van der Waals surface area contributed by atoms with Crippen LogP contribution in [-0.2, 0) is 4.74 Å². The lowest BCUT2D eigenvalue weighted by Gasteiger charge is -2.20. The standard InChI is InChI=1S/C17H22ClNO5/c1-10-13(9-20)15(12(11(2)21)8-14(10)18)23-6-7-24-16(22)19-17(3,4)5/h8-9H,6-7H2,1-5H3,(H,19,22). The Morgan fingerprint density at radius 1 is 1.29 bits per heavy atom. The molecule has 24 heavy (non-hydrogen) atoms. The molecule has 1 amide bonds. The highest BCUT2D eigenvalue weighted by atomic mass is 35.5. The summed E-state index contributed by atoms with van der Waals surface area (Å²) in [5.74, 6) is -0.124. The van der Waals surface area contributed by atoms with E-state index in [4.69, 9.17) is 21.1 Å². The molecular formula is C17H22ClNO5. The molecule has 1 aromatic rings. The first-order valence-electron chi connectivity index (χ1n) is 7.43. The van der Waals surface area contributed by atoms with E-state index in [1.807, 2.05) is 20.8 Å². The van der Waals surface area contributed by atoms with Crippen molar-refractivity contribution in [3.63, 3.8) is 0 Å². The van der Waals surface area contributed by atoms with Gasteiger partial charge < -0.3 is 14.8 Å². The topological polar surface area (TPSA) is 81.7 Å². The third-order valence-electron chi connectivity index (χ3n) is 3.06. The molecule has 0 radical (unpaired) electrons. The molecule has 0 heterocycles. The van der Waals surface area contributed by atoms with Crippen LogP contribution in [0.5, 0.6) is 5.75 Å². The smallest absolute Gasteiger partial charge is 0.407 e. The maximum Gasteiger partial charge on any atom is 0.407 e. The highest BCUT2D eigenvalue weighted by Gasteiger charge is 2.19. The minimum atomic E-state index is -0.569. The first kappa shape index (κ1) is 20.0. The van der Waals surface area contributed by atoms with Gasteiger partial charge in [-0.2, -0.15) is 0 Å². The van der Waals surface area contributed by atoms with Crippen molar-refractivity contribution in [2.24, 2.45) is 0 Å². The Kier molecular flexibility index (Phi) is 6.78. The number of Topliss-reactive ketones (excluding diaryl/α,β-unsaturated/α-hetero) is 1. The molecule has 132 valence electrons. The number of nitrogens with one attached hydrogen (secondary N) is 1. The molecule has 0 bridgehead atoms. The second kappa shape index (κ2) is 8.15. The van der Waals surface area contributed by atoms with Crippen molar-refractivity contribution in [3.8, 4) is 5.75 Å². The number of rotatable bonds is 6. The molecule has 0 atom stereocenters. The molecule has 0 aromatic heterocycles. The van der Waals surface area contributed by atoms with Crippen LogP contribution < -0.4 is 10.1 Å². The first-order valence-corrected chi connectivity index (χ1v) is 7.81. The van der Waals surface area contributed by atoms with Gasteiger partial charge in [-0.25, -0.2) is 4.79 Å². The molecule has 0 aliphatic carbocycles. The SMILES string of the molecule is CC(=O)c1cc(Cl)c(C)c(C=O)c1OCCOC(=O)NC(C)(C)C. The molecule has 0 aliphatic heterocycles. The van der Waals surface area contributed by atoms with Crippen molar-refractivity contribution in [1.29, 1.82) is 0 Å². The number of carbonyl (C=O) groups excluding carboxylic acids is 3. The van der Waals surface area contributed by atoms with E-state index in [9.17, 15) is 14.4 Å². The number of aldehydes is 1. The highest BCUT2D eigenvalue weighted by Crippen LogP contribution is 2.31. The molecule has 0 unspecified atom stereocenters. The molecule has 6 nitrogen and oxygen atoms in total. The normalized spacial score (nSPS) is 10.9. The maximum absolute atomic E-state index is 11.7. The number of hydrogen-bond acceptors (Lipinski definition) is 5. The first-order chi connectivity index (χ1) is 11.1. The number of alkyl carbamates (subject to hydrolysis) is 1. The van der Waals surface area contributed by atoms with Crippen molar-refractivity contribution in [3.05, 3.63) is 27.8 Å². The summed E-state index contributed by atoms with van der Waals surface area (Å²) in [5, 5.41) is 2.96. The van der Waals surface area contributed by atoms with Gasteiger partial charge in [0, 0.05) is 10.6 Å². The predicted octanol–water partition coefficient (Wildman–Crippen LogP) is 3.57. The average molecular weight is 356 g/mol.